The molecule has 0 aliphatic rings. The monoisotopic (exact) mass is 242 g/mol. The van der Waals surface area contributed by atoms with E-state index in [1.807, 2.05) is 18.3 Å². The average Bonchev–Trinajstić information content (AvgIpc) is 2.97. The SMILES string of the molecule is Cc1nnc(Cn2ccc3cccc(CN)c32)o1. The Kier molecular flexibility index (Phi) is 2.60. The van der Waals surface area contributed by atoms with Crippen LogP contribution < -0.4 is 5.73 Å². The highest BCUT2D eigenvalue weighted by Gasteiger charge is 2.09. The van der Waals surface area contributed by atoms with Gasteiger partial charge in [0.1, 0.15) is 6.54 Å². The zero-order valence-electron chi connectivity index (χ0n) is 10.1. The lowest BCUT2D eigenvalue weighted by molar-refractivity contribution is 0.457. The second kappa shape index (κ2) is 4.27. The van der Waals surface area contributed by atoms with Crippen LogP contribution in [0.3, 0.4) is 0 Å². The van der Waals surface area contributed by atoms with Gasteiger partial charge in [-0.25, -0.2) is 0 Å². The molecule has 0 saturated heterocycles. The number of para-hydroxylation sites is 1. The van der Waals surface area contributed by atoms with Gasteiger partial charge in [-0.05, 0) is 17.0 Å². The van der Waals surface area contributed by atoms with E-state index in [9.17, 15) is 0 Å². The Hall–Kier alpha value is -2.14. The van der Waals surface area contributed by atoms with Gasteiger partial charge in [0.15, 0.2) is 0 Å². The van der Waals surface area contributed by atoms with E-state index in [4.69, 9.17) is 10.2 Å². The van der Waals surface area contributed by atoms with Crippen LogP contribution in [0.1, 0.15) is 17.3 Å². The molecule has 0 aliphatic heterocycles. The molecular formula is C13H14N4O. The lowest BCUT2D eigenvalue weighted by Gasteiger charge is -2.06. The first kappa shape index (κ1) is 11.0. The number of aromatic nitrogens is 3. The van der Waals surface area contributed by atoms with Gasteiger partial charge < -0.3 is 14.7 Å². The van der Waals surface area contributed by atoms with Crippen LogP contribution in [-0.4, -0.2) is 14.8 Å². The molecule has 92 valence electrons. The summed E-state index contributed by atoms with van der Waals surface area (Å²) in [6.07, 6.45) is 2.02. The predicted molar refractivity (Wildman–Crippen MR) is 68.0 cm³/mol. The zero-order valence-corrected chi connectivity index (χ0v) is 10.1. The molecule has 0 spiro atoms. The fourth-order valence-electron chi connectivity index (χ4n) is 2.18. The summed E-state index contributed by atoms with van der Waals surface area (Å²) >= 11 is 0. The quantitative estimate of drug-likeness (QED) is 0.760. The molecule has 0 radical (unpaired) electrons. The number of nitrogens with two attached hydrogens (primary N) is 1. The van der Waals surface area contributed by atoms with Crippen LogP contribution in [-0.2, 0) is 13.1 Å². The molecule has 0 saturated carbocycles. The fraction of sp³-hybridized carbons (Fsp3) is 0.231. The van der Waals surface area contributed by atoms with E-state index < -0.39 is 0 Å². The van der Waals surface area contributed by atoms with Crippen molar-refractivity contribution in [3.05, 3.63) is 47.8 Å². The van der Waals surface area contributed by atoms with Crippen LogP contribution in [0.25, 0.3) is 10.9 Å². The molecule has 0 amide bonds. The van der Waals surface area contributed by atoms with Gasteiger partial charge in [-0.2, -0.15) is 0 Å². The Bertz CT molecular complexity index is 683. The first-order chi connectivity index (χ1) is 8.78. The van der Waals surface area contributed by atoms with E-state index in [-0.39, 0.29) is 0 Å². The number of hydrogen-bond donors (Lipinski definition) is 1. The highest BCUT2D eigenvalue weighted by molar-refractivity contribution is 5.83. The summed E-state index contributed by atoms with van der Waals surface area (Å²) in [5.74, 6) is 1.19. The Balaban J connectivity index is 2.06. The molecule has 5 nitrogen and oxygen atoms in total. The minimum atomic E-state index is 0.518. The number of nitrogens with zero attached hydrogens (tertiary/aromatic N) is 3. The van der Waals surface area contributed by atoms with E-state index in [0.29, 0.717) is 24.9 Å². The van der Waals surface area contributed by atoms with E-state index >= 15 is 0 Å². The van der Waals surface area contributed by atoms with Gasteiger partial charge in [-0.3, -0.25) is 0 Å². The molecule has 2 heterocycles. The summed E-state index contributed by atoms with van der Waals surface area (Å²) in [6.45, 7) is 2.88. The molecule has 3 rings (SSSR count). The molecule has 3 aromatic rings. The first-order valence-corrected chi connectivity index (χ1v) is 5.83. The molecule has 2 N–H and O–H groups in total. The summed E-state index contributed by atoms with van der Waals surface area (Å²) in [6, 6.07) is 8.20. The Morgan fingerprint density at radius 3 is 2.89 bits per heavy atom. The van der Waals surface area contributed by atoms with E-state index in [1.165, 1.54) is 5.39 Å². The van der Waals surface area contributed by atoms with E-state index in [1.54, 1.807) is 6.92 Å². The number of rotatable bonds is 3. The minimum absolute atomic E-state index is 0.518. The molecule has 0 fully saturated rings. The second-order valence-corrected chi connectivity index (χ2v) is 4.22. The van der Waals surface area contributed by atoms with Crippen molar-refractivity contribution < 1.29 is 4.42 Å². The molecule has 0 aliphatic carbocycles. The van der Waals surface area contributed by atoms with Gasteiger partial charge in [-0.1, -0.05) is 18.2 Å². The van der Waals surface area contributed by atoms with Gasteiger partial charge in [-0.15, -0.1) is 10.2 Å². The average molecular weight is 242 g/mol. The number of hydrogen-bond acceptors (Lipinski definition) is 4. The van der Waals surface area contributed by atoms with Crippen LogP contribution in [0.4, 0.5) is 0 Å². The van der Waals surface area contributed by atoms with Gasteiger partial charge in [0.2, 0.25) is 11.8 Å². The maximum atomic E-state index is 5.78. The normalized spacial score (nSPS) is 11.2. The van der Waals surface area contributed by atoms with Crippen molar-refractivity contribution in [2.75, 3.05) is 0 Å². The second-order valence-electron chi connectivity index (χ2n) is 4.22. The summed E-state index contributed by atoms with van der Waals surface area (Å²) in [5.41, 5.74) is 8.03. The molecule has 5 heteroatoms. The molecule has 0 unspecified atom stereocenters. The van der Waals surface area contributed by atoms with Crippen molar-refractivity contribution >= 4 is 10.9 Å². The number of fused-ring (bicyclic) bond motifs is 1. The molecule has 0 bridgehead atoms. The Morgan fingerprint density at radius 2 is 2.17 bits per heavy atom. The van der Waals surface area contributed by atoms with Crippen molar-refractivity contribution in [2.45, 2.75) is 20.0 Å². The van der Waals surface area contributed by atoms with E-state index in [2.05, 4.69) is 26.9 Å². The van der Waals surface area contributed by atoms with Crippen LogP contribution in [0.15, 0.2) is 34.9 Å². The van der Waals surface area contributed by atoms with Crippen molar-refractivity contribution in [3.63, 3.8) is 0 Å². The Labute approximate surface area is 104 Å². The van der Waals surface area contributed by atoms with Crippen LogP contribution in [0.2, 0.25) is 0 Å². The molecule has 0 atom stereocenters. The highest BCUT2D eigenvalue weighted by atomic mass is 16.4. The molecule has 1 aromatic carbocycles. The van der Waals surface area contributed by atoms with Gasteiger partial charge in [0.05, 0.1) is 5.52 Å². The third-order valence-corrected chi connectivity index (χ3v) is 2.97. The van der Waals surface area contributed by atoms with Gasteiger partial charge in [0.25, 0.3) is 0 Å². The highest BCUT2D eigenvalue weighted by Crippen LogP contribution is 2.21. The van der Waals surface area contributed by atoms with Gasteiger partial charge in [0, 0.05) is 19.7 Å². The van der Waals surface area contributed by atoms with Crippen molar-refractivity contribution in [3.8, 4) is 0 Å². The standard InChI is InChI=1S/C13H14N4O/c1-9-15-16-12(18-9)8-17-6-5-10-3-2-4-11(7-14)13(10)17/h2-6H,7-8,14H2,1H3. The predicted octanol–water partition coefficient (Wildman–Crippen LogP) is 1.84. The lowest BCUT2D eigenvalue weighted by atomic mass is 10.1. The summed E-state index contributed by atoms with van der Waals surface area (Å²) in [4.78, 5) is 0. The maximum absolute atomic E-state index is 5.78. The van der Waals surface area contributed by atoms with E-state index in [0.717, 1.165) is 11.1 Å². The van der Waals surface area contributed by atoms with Crippen molar-refractivity contribution in [2.24, 2.45) is 5.73 Å². The van der Waals surface area contributed by atoms with Gasteiger partial charge >= 0.3 is 0 Å². The first-order valence-electron chi connectivity index (χ1n) is 5.83. The van der Waals surface area contributed by atoms with Crippen LogP contribution in [0, 0.1) is 6.92 Å². The minimum Gasteiger partial charge on any atom is -0.424 e. The number of aryl methyl sites for hydroxylation is 1. The summed E-state index contributed by atoms with van der Waals surface area (Å²) in [5, 5.41) is 9.02. The number of benzene rings is 1. The topological polar surface area (TPSA) is 69.9 Å². The fourth-order valence-corrected chi connectivity index (χ4v) is 2.18. The summed E-state index contributed by atoms with van der Waals surface area (Å²) in [7, 11) is 0. The zero-order chi connectivity index (χ0) is 12.5. The van der Waals surface area contributed by atoms with Crippen LogP contribution >= 0.6 is 0 Å². The smallest absolute Gasteiger partial charge is 0.236 e. The van der Waals surface area contributed by atoms with Crippen molar-refractivity contribution in [1.82, 2.24) is 14.8 Å². The molecule has 2 aromatic heterocycles. The third kappa shape index (κ3) is 1.78. The maximum Gasteiger partial charge on any atom is 0.236 e. The lowest BCUT2D eigenvalue weighted by Crippen LogP contribution is -2.03. The molecular weight excluding hydrogens is 228 g/mol. The summed E-state index contributed by atoms with van der Waals surface area (Å²) < 4.78 is 7.49. The van der Waals surface area contributed by atoms with Crippen LogP contribution in [0.5, 0.6) is 0 Å². The van der Waals surface area contributed by atoms with Crippen molar-refractivity contribution in [1.29, 1.82) is 0 Å². The molecule has 18 heavy (non-hydrogen) atoms. The third-order valence-electron chi connectivity index (χ3n) is 2.97. The Morgan fingerprint density at radius 1 is 1.28 bits per heavy atom. The largest absolute Gasteiger partial charge is 0.424 e.